The number of esters is 1. The van der Waals surface area contributed by atoms with Crippen LogP contribution < -0.4 is 9.64 Å². The summed E-state index contributed by atoms with van der Waals surface area (Å²) in [4.78, 5) is 39.1. The molecule has 5 aromatic rings. The summed E-state index contributed by atoms with van der Waals surface area (Å²) in [7, 11) is 3.06. The van der Waals surface area contributed by atoms with Gasteiger partial charge in [-0.3, -0.25) is 0 Å². The molecule has 11 nitrogen and oxygen atoms in total. The molecule has 2 aromatic heterocycles. The summed E-state index contributed by atoms with van der Waals surface area (Å²) >= 11 is 0. The van der Waals surface area contributed by atoms with E-state index in [1.165, 1.54) is 12.0 Å². The van der Waals surface area contributed by atoms with E-state index in [0.29, 0.717) is 24.8 Å². The van der Waals surface area contributed by atoms with Crippen molar-refractivity contribution in [1.82, 2.24) is 19.4 Å². The van der Waals surface area contributed by atoms with Gasteiger partial charge in [-0.2, -0.15) is 0 Å². The van der Waals surface area contributed by atoms with Crippen LogP contribution in [0.1, 0.15) is 54.8 Å². The quantitative estimate of drug-likeness (QED) is 0.127. The fraction of sp³-hybridized carbons (Fsp3) is 0.366. The minimum absolute atomic E-state index is 0.204. The standard InChI is InChI=1S/C41H47N5O6/c1-26-14-16-30(17-15-26)34-32-22-27(2)45-18-19-46(35(36(32)45)28(3)33(34)37(38(47)49-8)52-41(4,5)6)39-42-23-31(24-43-39)50-21-20-44(7)40(48)51-25-29-12-10-9-11-13-29/h9-17,22-24,37H,18-21,25H2,1-8H3/t37-/m0/s1. The third-order valence-electron chi connectivity index (χ3n) is 9.20. The highest BCUT2D eigenvalue weighted by Gasteiger charge is 2.37. The van der Waals surface area contributed by atoms with Crippen LogP contribution in [0.5, 0.6) is 5.75 Å². The van der Waals surface area contributed by atoms with Gasteiger partial charge in [-0.25, -0.2) is 19.6 Å². The van der Waals surface area contributed by atoms with E-state index in [0.717, 1.165) is 62.2 Å². The summed E-state index contributed by atoms with van der Waals surface area (Å²) in [5.41, 5.74) is 8.07. The Labute approximate surface area is 305 Å². The van der Waals surface area contributed by atoms with Crippen LogP contribution in [0.25, 0.3) is 22.0 Å². The maximum Gasteiger partial charge on any atom is 0.409 e. The van der Waals surface area contributed by atoms with Crippen LogP contribution in [0.15, 0.2) is 73.1 Å². The number of hydrogen-bond acceptors (Lipinski definition) is 9. The molecule has 11 heteroatoms. The van der Waals surface area contributed by atoms with Gasteiger partial charge in [0.15, 0.2) is 11.9 Å². The lowest BCUT2D eigenvalue weighted by atomic mass is 9.87. The van der Waals surface area contributed by atoms with Crippen LogP contribution in [-0.4, -0.2) is 71.0 Å². The molecule has 0 N–H and O–H groups in total. The maximum atomic E-state index is 13.6. The lowest BCUT2D eigenvalue weighted by molar-refractivity contribution is -0.164. The molecule has 0 fully saturated rings. The molecule has 0 spiro atoms. The van der Waals surface area contributed by atoms with Gasteiger partial charge >= 0.3 is 12.1 Å². The molecule has 3 aromatic carbocycles. The van der Waals surface area contributed by atoms with E-state index in [1.807, 2.05) is 58.0 Å². The van der Waals surface area contributed by atoms with Crippen LogP contribution in [0.3, 0.4) is 0 Å². The Kier molecular flexibility index (Phi) is 10.5. The number of aryl methyl sites for hydroxylation is 2. The average Bonchev–Trinajstić information content (AvgIpc) is 3.47. The highest BCUT2D eigenvalue weighted by atomic mass is 16.6. The Morgan fingerprint density at radius 1 is 0.962 bits per heavy atom. The molecule has 0 saturated heterocycles. The lowest BCUT2D eigenvalue weighted by Crippen LogP contribution is -2.32. The summed E-state index contributed by atoms with van der Waals surface area (Å²) in [5, 5.41) is 1.01. The number of anilines is 2. The zero-order chi connectivity index (χ0) is 37.2. The molecule has 1 amide bonds. The second kappa shape index (κ2) is 15.1. The van der Waals surface area contributed by atoms with Crippen molar-refractivity contribution in [3.63, 3.8) is 0 Å². The predicted octanol–water partition coefficient (Wildman–Crippen LogP) is 7.85. The molecule has 1 aliphatic heterocycles. The number of methoxy groups -OCH3 is 1. The number of carbonyl (C=O) groups excluding carboxylic acids is 2. The first-order chi connectivity index (χ1) is 24.9. The van der Waals surface area contributed by atoms with Gasteiger partial charge in [0.25, 0.3) is 0 Å². The lowest BCUT2D eigenvalue weighted by Gasteiger charge is -2.35. The van der Waals surface area contributed by atoms with Gasteiger partial charge in [-0.05, 0) is 69.9 Å². The number of amides is 1. The molecule has 1 aliphatic rings. The Morgan fingerprint density at radius 3 is 2.31 bits per heavy atom. The molecule has 272 valence electrons. The first-order valence-corrected chi connectivity index (χ1v) is 17.5. The smallest absolute Gasteiger partial charge is 0.409 e. The highest BCUT2D eigenvalue weighted by Crippen LogP contribution is 2.49. The summed E-state index contributed by atoms with van der Waals surface area (Å²) in [6, 6.07) is 20.1. The monoisotopic (exact) mass is 705 g/mol. The number of aromatic nitrogens is 3. The number of rotatable bonds is 11. The van der Waals surface area contributed by atoms with Crippen LogP contribution >= 0.6 is 0 Å². The number of likely N-dealkylation sites (N-methyl/N-ethyl adjacent to an activating group) is 1. The highest BCUT2D eigenvalue weighted by molar-refractivity contribution is 6.08. The van der Waals surface area contributed by atoms with E-state index < -0.39 is 23.8 Å². The third-order valence-corrected chi connectivity index (χ3v) is 9.20. The molecular weight excluding hydrogens is 658 g/mol. The van der Waals surface area contributed by atoms with E-state index in [2.05, 4.69) is 53.6 Å². The topological polar surface area (TPSA) is 108 Å². The van der Waals surface area contributed by atoms with Crippen molar-refractivity contribution in [2.24, 2.45) is 0 Å². The fourth-order valence-corrected chi connectivity index (χ4v) is 6.68. The molecule has 0 bridgehead atoms. The summed E-state index contributed by atoms with van der Waals surface area (Å²) in [6.45, 7) is 14.1. The van der Waals surface area contributed by atoms with E-state index >= 15 is 0 Å². The number of benzene rings is 3. The molecule has 52 heavy (non-hydrogen) atoms. The zero-order valence-corrected chi connectivity index (χ0v) is 31.2. The molecule has 3 heterocycles. The van der Waals surface area contributed by atoms with Gasteiger partial charge in [0, 0.05) is 36.8 Å². The normalized spacial score (nSPS) is 13.2. The van der Waals surface area contributed by atoms with Crippen LogP contribution in [0.2, 0.25) is 0 Å². The molecule has 0 radical (unpaired) electrons. The largest absolute Gasteiger partial charge is 0.488 e. The summed E-state index contributed by atoms with van der Waals surface area (Å²) in [6.07, 6.45) is 1.87. The summed E-state index contributed by atoms with van der Waals surface area (Å²) < 4.78 is 25.5. The van der Waals surface area contributed by atoms with E-state index in [9.17, 15) is 9.59 Å². The fourth-order valence-electron chi connectivity index (χ4n) is 6.68. The second-order valence-electron chi connectivity index (χ2n) is 14.1. The van der Waals surface area contributed by atoms with Crippen molar-refractivity contribution in [2.45, 2.75) is 66.4 Å². The van der Waals surface area contributed by atoms with Gasteiger partial charge in [-0.1, -0.05) is 60.2 Å². The van der Waals surface area contributed by atoms with E-state index in [4.69, 9.17) is 28.9 Å². The number of nitrogens with zero attached hydrogens (tertiary/aromatic N) is 5. The van der Waals surface area contributed by atoms with Crippen molar-refractivity contribution in [2.75, 3.05) is 38.8 Å². The van der Waals surface area contributed by atoms with Crippen LogP contribution in [-0.2, 0) is 32.2 Å². The van der Waals surface area contributed by atoms with Crippen LogP contribution in [0, 0.1) is 20.8 Å². The second-order valence-corrected chi connectivity index (χ2v) is 14.1. The molecule has 6 rings (SSSR count). The van der Waals surface area contributed by atoms with Crippen molar-refractivity contribution < 1.29 is 28.5 Å². The molecule has 0 aliphatic carbocycles. The molecular formula is C41H47N5O6. The van der Waals surface area contributed by atoms with Crippen molar-refractivity contribution in [3.05, 3.63) is 101 Å². The summed E-state index contributed by atoms with van der Waals surface area (Å²) in [5.74, 6) is 0.515. The van der Waals surface area contributed by atoms with E-state index in [-0.39, 0.29) is 13.2 Å². The van der Waals surface area contributed by atoms with Crippen molar-refractivity contribution in [1.29, 1.82) is 0 Å². The van der Waals surface area contributed by atoms with Gasteiger partial charge in [-0.15, -0.1) is 0 Å². The Bertz CT molecular complexity index is 2050. The van der Waals surface area contributed by atoms with Gasteiger partial charge in [0.2, 0.25) is 5.95 Å². The first-order valence-electron chi connectivity index (χ1n) is 17.5. The van der Waals surface area contributed by atoms with Crippen molar-refractivity contribution in [3.8, 4) is 16.9 Å². The minimum Gasteiger partial charge on any atom is -0.488 e. The van der Waals surface area contributed by atoms with Gasteiger partial charge in [0.1, 0.15) is 13.2 Å². The maximum absolute atomic E-state index is 13.6. The SMILES string of the molecule is COC(=O)[C@@H](OC(C)(C)C)c1c(C)c2c3c(cc(C)n3CCN2c2ncc(OCCN(C)C(=O)OCc3ccccc3)cn2)c1-c1ccc(C)cc1. The number of hydrogen-bond donors (Lipinski definition) is 0. The van der Waals surface area contributed by atoms with Gasteiger partial charge < -0.3 is 33.3 Å². The molecule has 0 saturated carbocycles. The van der Waals surface area contributed by atoms with Gasteiger partial charge in [0.05, 0.1) is 42.9 Å². The van der Waals surface area contributed by atoms with Crippen LogP contribution in [0.4, 0.5) is 16.4 Å². The Balaban J connectivity index is 1.31. The predicted molar refractivity (Wildman–Crippen MR) is 201 cm³/mol. The first kappa shape index (κ1) is 36.4. The minimum atomic E-state index is -0.986. The number of carbonyl (C=O) groups is 2. The number of ether oxygens (including phenoxy) is 4. The van der Waals surface area contributed by atoms with Crippen molar-refractivity contribution >= 4 is 34.6 Å². The Hall–Kier alpha value is -5.42. The van der Waals surface area contributed by atoms with E-state index in [1.54, 1.807) is 19.4 Å². The Morgan fingerprint density at radius 2 is 1.65 bits per heavy atom. The average molecular weight is 706 g/mol. The zero-order valence-electron chi connectivity index (χ0n) is 31.2. The molecule has 0 unspecified atom stereocenters. The molecule has 1 atom stereocenters. The third kappa shape index (κ3) is 7.60.